The summed E-state index contributed by atoms with van der Waals surface area (Å²) in [6.45, 7) is 2.89. The van der Waals surface area contributed by atoms with Gasteiger partial charge in [0, 0.05) is 23.2 Å². The van der Waals surface area contributed by atoms with E-state index in [0.717, 1.165) is 17.4 Å². The molecule has 1 aromatic heterocycles. The number of benzene rings is 1. The Morgan fingerprint density at radius 2 is 2.29 bits per heavy atom. The lowest BCUT2D eigenvalue weighted by molar-refractivity contribution is 0.797. The van der Waals surface area contributed by atoms with Crippen molar-refractivity contribution in [2.45, 2.75) is 13.5 Å². The van der Waals surface area contributed by atoms with Gasteiger partial charge >= 0.3 is 0 Å². The van der Waals surface area contributed by atoms with Crippen LogP contribution in [0.2, 0.25) is 5.02 Å². The second-order valence-electron chi connectivity index (χ2n) is 3.10. The minimum Gasteiger partial charge on any atom is -0.346 e. The van der Waals surface area contributed by atoms with Gasteiger partial charge in [-0.15, -0.1) is 0 Å². The van der Waals surface area contributed by atoms with Crippen molar-refractivity contribution in [1.82, 2.24) is 4.57 Å². The van der Waals surface area contributed by atoms with E-state index < -0.39 is 0 Å². The molecule has 2 nitrogen and oxygen atoms in total. The number of hydrogen-bond donors (Lipinski definition) is 0. The molecule has 0 N–H and O–H groups in total. The number of fused-ring (bicyclic) bond motifs is 1. The Morgan fingerprint density at radius 3 is 2.93 bits per heavy atom. The average Bonchev–Trinajstić information content (AvgIpc) is 2.55. The highest BCUT2D eigenvalue weighted by Crippen LogP contribution is 2.24. The molecular formula is C11H9ClN2. The highest BCUT2D eigenvalue weighted by Gasteiger charge is 2.06. The first-order valence-electron chi connectivity index (χ1n) is 4.44. The van der Waals surface area contributed by atoms with Crippen LogP contribution in [0.1, 0.15) is 12.5 Å². The molecule has 1 aromatic carbocycles. The van der Waals surface area contributed by atoms with Gasteiger partial charge in [-0.2, -0.15) is 5.26 Å². The maximum atomic E-state index is 8.92. The molecular weight excluding hydrogens is 196 g/mol. The Morgan fingerprint density at radius 1 is 1.50 bits per heavy atom. The Labute approximate surface area is 87.3 Å². The lowest BCUT2D eigenvalue weighted by atomic mass is 10.2. The Hall–Kier alpha value is -1.46. The fourth-order valence-electron chi connectivity index (χ4n) is 1.62. The van der Waals surface area contributed by atoms with Gasteiger partial charge in [0.25, 0.3) is 0 Å². The van der Waals surface area contributed by atoms with Gasteiger partial charge in [-0.25, -0.2) is 0 Å². The van der Waals surface area contributed by atoms with Crippen molar-refractivity contribution < 1.29 is 0 Å². The first-order valence-corrected chi connectivity index (χ1v) is 4.82. The number of nitriles is 1. The van der Waals surface area contributed by atoms with Crippen LogP contribution >= 0.6 is 11.6 Å². The van der Waals surface area contributed by atoms with E-state index in [1.165, 1.54) is 0 Å². The SMILES string of the molecule is CCn1cc(C#N)c2ccc(Cl)cc21. The first-order chi connectivity index (χ1) is 6.76. The van der Waals surface area contributed by atoms with E-state index in [9.17, 15) is 0 Å². The summed E-state index contributed by atoms with van der Waals surface area (Å²) in [6.07, 6.45) is 1.86. The van der Waals surface area contributed by atoms with Crippen molar-refractivity contribution in [3.63, 3.8) is 0 Å². The van der Waals surface area contributed by atoms with Crippen LogP contribution in [0.4, 0.5) is 0 Å². The van der Waals surface area contributed by atoms with Gasteiger partial charge in [0.05, 0.1) is 11.1 Å². The molecule has 0 aliphatic carbocycles. The fraction of sp³-hybridized carbons (Fsp3) is 0.182. The molecule has 3 heteroatoms. The third-order valence-electron chi connectivity index (χ3n) is 2.31. The molecule has 0 aliphatic heterocycles. The minimum absolute atomic E-state index is 0.704. The molecule has 0 fully saturated rings. The van der Waals surface area contributed by atoms with E-state index in [4.69, 9.17) is 16.9 Å². The van der Waals surface area contributed by atoms with Crippen LogP contribution in [-0.4, -0.2) is 4.57 Å². The molecule has 0 atom stereocenters. The van der Waals surface area contributed by atoms with Crippen LogP contribution in [-0.2, 0) is 6.54 Å². The van der Waals surface area contributed by atoms with Crippen molar-refractivity contribution in [3.05, 3.63) is 35.0 Å². The molecule has 70 valence electrons. The zero-order valence-electron chi connectivity index (χ0n) is 7.79. The first kappa shape index (κ1) is 9.11. The summed E-state index contributed by atoms with van der Waals surface area (Å²) in [7, 11) is 0. The highest BCUT2D eigenvalue weighted by molar-refractivity contribution is 6.31. The average molecular weight is 205 g/mol. The standard InChI is InChI=1S/C11H9ClN2/c1-2-14-7-8(6-13)10-4-3-9(12)5-11(10)14/h3-5,7H,2H2,1H3. The smallest absolute Gasteiger partial charge is 0.101 e. The third kappa shape index (κ3) is 1.26. The van der Waals surface area contributed by atoms with Crippen LogP contribution < -0.4 is 0 Å². The molecule has 2 rings (SSSR count). The van der Waals surface area contributed by atoms with Crippen LogP contribution in [0.5, 0.6) is 0 Å². The molecule has 0 amide bonds. The van der Waals surface area contributed by atoms with E-state index >= 15 is 0 Å². The Balaban J connectivity index is 2.84. The van der Waals surface area contributed by atoms with E-state index in [2.05, 4.69) is 6.07 Å². The summed E-state index contributed by atoms with van der Waals surface area (Å²) in [4.78, 5) is 0. The molecule has 0 saturated heterocycles. The lowest BCUT2D eigenvalue weighted by Crippen LogP contribution is -1.89. The summed E-state index contributed by atoms with van der Waals surface area (Å²) in [5.41, 5.74) is 1.73. The third-order valence-corrected chi connectivity index (χ3v) is 2.54. The van der Waals surface area contributed by atoms with Crippen molar-refractivity contribution in [3.8, 4) is 6.07 Å². The van der Waals surface area contributed by atoms with E-state index in [-0.39, 0.29) is 0 Å². The summed E-state index contributed by atoms with van der Waals surface area (Å²) < 4.78 is 2.03. The molecule has 0 aliphatic rings. The molecule has 14 heavy (non-hydrogen) atoms. The Bertz CT molecular complexity index is 520. The van der Waals surface area contributed by atoms with Gasteiger partial charge in [-0.05, 0) is 19.1 Å². The van der Waals surface area contributed by atoms with Crippen molar-refractivity contribution in [2.24, 2.45) is 0 Å². The van der Waals surface area contributed by atoms with Gasteiger partial charge in [0.1, 0.15) is 6.07 Å². The molecule has 0 spiro atoms. The fourth-order valence-corrected chi connectivity index (χ4v) is 1.78. The number of aryl methyl sites for hydroxylation is 1. The zero-order chi connectivity index (χ0) is 10.1. The topological polar surface area (TPSA) is 28.7 Å². The molecule has 0 radical (unpaired) electrons. The predicted octanol–water partition coefficient (Wildman–Crippen LogP) is 3.19. The maximum Gasteiger partial charge on any atom is 0.101 e. The second kappa shape index (κ2) is 3.36. The van der Waals surface area contributed by atoms with E-state index in [1.807, 2.05) is 35.9 Å². The number of aromatic nitrogens is 1. The van der Waals surface area contributed by atoms with Crippen LogP contribution in [0.3, 0.4) is 0 Å². The Kier molecular flexibility index (Phi) is 2.18. The summed E-state index contributed by atoms with van der Waals surface area (Å²) in [5, 5.41) is 10.6. The quantitative estimate of drug-likeness (QED) is 0.702. The highest BCUT2D eigenvalue weighted by atomic mass is 35.5. The minimum atomic E-state index is 0.704. The normalized spacial score (nSPS) is 10.4. The van der Waals surface area contributed by atoms with Gasteiger partial charge in [0.2, 0.25) is 0 Å². The number of rotatable bonds is 1. The monoisotopic (exact) mass is 204 g/mol. The number of halogens is 1. The van der Waals surface area contributed by atoms with Crippen molar-refractivity contribution in [2.75, 3.05) is 0 Å². The maximum absolute atomic E-state index is 8.92. The number of nitrogens with zero attached hydrogens (tertiary/aromatic N) is 2. The van der Waals surface area contributed by atoms with E-state index in [0.29, 0.717) is 10.6 Å². The summed E-state index contributed by atoms with van der Waals surface area (Å²) >= 11 is 5.90. The summed E-state index contributed by atoms with van der Waals surface area (Å²) in [5.74, 6) is 0. The largest absolute Gasteiger partial charge is 0.346 e. The van der Waals surface area contributed by atoms with Gasteiger partial charge in [-0.3, -0.25) is 0 Å². The summed E-state index contributed by atoms with van der Waals surface area (Å²) in [6, 6.07) is 7.77. The van der Waals surface area contributed by atoms with Crippen LogP contribution in [0.15, 0.2) is 24.4 Å². The van der Waals surface area contributed by atoms with Crippen LogP contribution in [0, 0.1) is 11.3 Å². The van der Waals surface area contributed by atoms with E-state index in [1.54, 1.807) is 0 Å². The van der Waals surface area contributed by atoms with Gasteiger partial charge < -0.3 is 4.57 Å². The molecule has 0 saturated carbocycles. The predicted molar refractivity (Wildman–Crippen MR) is 57.3 cm³/mol. The van der Waals surface area contributed by atoms with Crippen molar-refractivity contribution in [1.29, 1.82) is 5.26 Å². The molecule has 0 bridgehead atoms. The second-order valence-corrected chi connectivity index (χ2v) is 3.54. The number of hydrogen-bond acceptors (Lipinski definition) is 1. The van der Waals surface area contributed by atoms with Gasteiger partial charge in [0.15, 0.2) is 0 Å². The molecule has 0 unspecified atom stereocenters. The van der Waals surface area contributed by atoms with Crippen LogP contribution in [0.25, 0.3) is 10.9 Å². The van der Waals surface area contributed by atoms with Crippen molar-refractivity contribution >= 4 is 22.5 Å². The lowest BCUT2D eigenvalue weighted by Gasteiger charge is -1.99. The molecule has 2 aromatic rings. The molecule has 1 heterocycles. The van der Waals surface area contributed by atoms with Gasteiger partial charge in [-0.1, -0.05) is 17.7 Å². The zero-order valence-corrected chi connectivity index (χ0v) is 8.54.